The fourth-order valence-corrected chi connectivity index (χ4v) is 4.56. The van der Waals surface area contributed by atoms with Crippen molar-refractivity contribution in [3.8, 4) is 0 Å². The molecule has 0 N–H and O–H groups in total. The Kier molecular flexibility index (Phi) is 2.83. The van der Waals surface area contributed by atoms with Crippen LogP contribution in [0.1, 0.15) is 27.0 Å². The van der Waals surface area contributed by atoms with Crippen LogP contribution in [0.4, 0.5) is 0 Å². The number of thioether (sulfide) groups is 2. The fourth-order valence-electron chi connectivity index (χ4n) is 2.63. The van der Waals surface area contributed by atoms with E-state index in [-0.39, 0.29) is 5.78 Å². The van der Waals surface area contributed by atoms with Gasteiger partial charge in [-0.3, -0.25) is 4.79 Å². The first-order valence-corrected chi connectivity index (χ1v) is 8.08. The van der Waals surface area contributed by atoms with Crippen LogP contribution in [-0.4, -0.2) is 5.78 Å². The van der Waals surface area contributed by atoms with E-state index in [1.54, 1.807) is 23.5 Å². The molecule has 1 heterocycles. The number of carbonyl (C=O) groups excluding carboxylic acids is 1. The molecule has 2 aromatic rings. The Labute approximate surface area is 125 Å². The van der Waals surface area contributed by atoms with E-state index in [2.05, 4.69) is 10.8 Å². The van der Waals surface area contributed by atoms with Crippen molar-refractivity contribution < 1.29 is 4.79 Å². The number of hydrogen-bond donors (Lipinski definition) is 0. The van der Waals surface area contributed by atoms with E-state index in [0.29, 0.717) is 0 Å². The Morgan fingerprint density at radius 3 is 1.60 bits per heavy atom. The Hall–Kier alpha value is -1.71. The molecule has 0 fully saturated rings. The largest absolute Gasteiger partial charge is 0.289 e. The van der Waals surface area contributed by atoms with Crippen LogP contribution in [0.25, 0.3) is 5.57 Å². The molecule has 1 aliphatic carbocycles. The summed E-state index contributed by atoms with van der Waals surface area (Å²) in [6.07, 6.45) is 0. The minimum absolute atomic E-state index is 0.126. The van der Waals surface area contributed by atoms with Gasteiger partial charge in [0.2, 0.25) is 0 Å². The van der Waals surface area contributed by atoms with Gasteiger partial charge in [-0.1, -0.05) is 72.1 Å². The van der Waals surface area contributed by atoms with Crippen LogP contribution in [0, 0.1) is 0 Å². The number of carbonyl (C=O) groups is 1. The van der Waals surface area contributed by atoms with Gasteiger partial charge in [0.25, 0.3) is 0 Å². The summed E-state index contributed by atoms with van der Waals surface area (Å²) in [5, 5.41) is 4.18. The molecular weight excluding hydrogens is 284 g/mol. The standard InChI is InChI=1S/C17H10OS2/c18-16-13-7-3-1-5-11(13)15(17-19-9-10-20-17)12-6-2-4-8-14(12)16/h1-10H. The zero-order chi connectivity index (χ0) is 13.5. The molecular formula is C17H10OS2. The molecule has 0 radical (unpaired) electrons. The third-order valence-corrected chi connectivity index (χ3v) is 5.62. The molecule has 1 nitrogen and oxygen atoms in total. The van der Waals surface area contributed by atoms with Gasteiger partial charge in [0.1, 0.15) is 0 Å². The summed E-state index contributed by atoms with van der Waals surface area (Å²) in [5.41, 5.74) is 4.91. The Morgan fingerprint density at radius 1 is 0.650 bits per heavy atom. The molecule has 0 bridgehead atoms. The van der Waals surface area contributed by atoms with Crippen molar-refractivity contribution in [3.05, 3.63) is 85.8 Å². The van der Waals surface area contributed by atoms with Crippen molar-refractivity contribution in [2.75, 3.05) is 0 Å². The molecule has 0 atom stereocenters. The lowest BCUT2D eigenvalue weighted by Crippen LogP contribution is -2.14. The average Bonchev–Trinajstić information content (AvgIpc) is 3.02. The summed E-state index contributed by atoms with van der Waals surface area (Å²) >= 11 is 3.46. The highest BCUT2D eigenvalue weighted by molar-refractivity contribution is 8.27. The number of rotatable bonds is 0. The maximum Gasteiger partial charge on any atom is 0.194 e. The fraction of sp³-hybridized carbons (Fsp3) is 0. The van der Waals surface area contributed by atoms with E-state index in [9.17, 15) is 4.79 Å². The first kappa shape index (κ1) is 12.1. The maximum atomic E-state index is 12.6. The monoisotopic (exact) mass is 294 g/mol. The van der Waals surface area contributed by atoms with Gasteiger partial charge in [-0.25, -0.2) is 0 Å². The van der Waals surface area contributed by atoms with E-state index >= 15 is 0 Å². The summed E-state index contributed by atoms with van der Waals surface area (Å²) in [7, 11) is 0. The van der Waals surface area contributed by atoms with Crippen molar-refractivity contribution in [3.63, 3.8) is 0 Å². The summed E-state index contributed by atoms with van der Waals surface area (Å²) in [4.78, 5) is 12.6. The quantitative estimate of drug-likeness (QED) is 0.587. The molecule has 0 spiro atoms. The predicted molar refractivity (Wildman–Crippen MR) is 86.7 cm³/mol. The van der Waals surface area contributed by atoms with E-state index in [1.165, 1.54) is 9.81 Å². The first-order valence-electron chi connectivity index (χ1n) is 6.32. The molecule has 96 valence electrons. The van der Waals surface area contributed by atoms with Crippen LogP contribution in [0.15, 0.2) is 63.6 Å². The van der Waals surface area contributed by atoms with E-state index in [0.717, 1.165) is 22.3 Å². The Morgan fingerprint density at radius 2 is 1.10 bits per heavy atom. The zero-order valence-electron chi connectivity index (χ0n) is 10.5. The minimum atomic E-state index is 0.126. The van der Waals surface area contributed by atoms with Crippen molar-refractivity contribution >= 4 is 34.9 Å². The van der Waals surface area contributed by atoms with E-state index in [1.807, 2.05) is 48.5 Å². The highest BCUT2D eigenvalue weighted by Crippen LogP contribution is 2.48. The summed E-state index contributed by atoms with van der Waals surface area (Å²) in [6.45, 7) is 0. The molecule has 1 aliphatic heterocycles. The van der Waals surface area contributed by atoms with Gasteiger partial charge in [0.15, 0.2) is 5.78 Å². The van der Waals surface area contributed by atoms with Crippen LogP contribution in [0.3, 0.4) is 0 Å². The molecule has 0 amide bonds. The number of hydrogen-bond acceptors (Lipinski definition) is 3. The van der Waals surface area contributed by atoms with E-state index in [4.69, 9.17) is 0 Å². The second-order valence-electron chi connectivity index (χ2n) is 4.59. The van der Waals surface area contributed by atoms with Gasteiger partial charge in [-0.2, -0.15) is 0 Å². The summed E-state index contributed by atoms with van der Waals surface area (Å²) < 4.78 is 1.25. The van der Waals surface area contributed by atoms with Crippen molar-refractivity contribution in [2.24, 2.45) is 0 Å². The molecule has 0 aromatic heterocycles. The maximum absolute atomic E-state index is 12.6. The first-order chi connectivity index (χ1) is 9.86. The third-order valence-electron chi connectivity index (χ3n) is 3.49. The van der Waals surface area contributed by atoms with Crippen LogP contribution < -0.4 is 0 Å². The predicted octanol–water partition coefficient (Wildman–Crippen LogP) is 4.90. The highest BCUT2D eigenvalue weighted by atomic mass is 32.2. The SMILES string of the molecule is O=C1c2ccccc2C(=C2SC=CS2)c2ccccc21. The van der Waals surface area contributed by atoms with Crippen LogP contribution in [0.5, 0.6) is 0 Å². The zero-order valence-corrected chi connectivity index (χ0v) is 12.1. The van der Waals surface area contributed by atoms with Crippen molar-refractivity contribution in [2.45, 2.75) is 0 Å². The minimum Gasteiger partial charge on any atom is -0.289 e. The lowest BCUT2D eigenvalue weighted by molar-refractivity contribution is 0.103. The topological polar surface area (TPSA) is 17.1 Å². The van der Waals surface area contributed by atoms with E-state index < -0.39 is 0 Å². The lowest BCUT2D eigenvalue weighted by atomic mass is 9.82. The summed E-state index contributed by atoms with van der Waals surface area (Å²) in [5.74, 6) is 0.126. The van der Waals surface area contributed by atoms with Crippen LogP contribution >= 0.6 is 23.5 Å². The molecule has 0 saturated heterocycles. The van der Waals surface area contributed by atoms with Gasteiger partial charge in [0, 0.05) is 16.7 Å². The van der Waals surface area contributed by atoms with Crippen molar-refractivity contribution in [1.29, 1.82) is 0 Å². The smallest absolute Gasteiger partial charge is 0.194 e. The van der Waals surface area contributed by atoms with Gasteiger partial charge < -0.3 is 0 Å². The second-order valence-corrected chi connectivity index (χ2v) is 6.68. The van der Waals surface area contributed by atoms with Crippen molar-refractivity contribution in [1.82, 2.24) is 0 Å². The average molecular weight is 294 g/mol. The number of ketones is 1. The molecule has 0 unspecified atom stereocenters. The van der Waals surface area contributed by atoms with Crippen LogP contribution in [-0.2, 0) is 0 Å². The molecule has 2 aromatic carbocycles. The van der Waals surface area contributed by atoms with Gasteiger partial charge >= 0.3 is 0 Å². The Bertz CT molecular complexity index is 726. The van der Waals surface area contributed by atoms with Gasteiger partial charge in [0.05, 0.1) is 4.24 Å². The summed E-state index contributed by atoms with van der Waals surface area (Å²) in [6, 6.07) is 15.8. The normalized spacial score (nSPS) is 16.3. The Balaban J connectivity index is 2.07. The molecule has 4 rings (SSSR count). The molecule has 2 aliphatic rings. The van der Waals surface area contributed by atoms with Crippen LogP contribution in [0.2, 0.25) is 0 Å². The third kappa shape index (κ3) is 1.70. The highest BCUT2D eigenvalue weighted by Gasteiger charge is 2.28. The number of fused-ring (bicyclic) bond motifs is 2. The molecule has 3 heteroatoms. The lowest BCUT2D eigenvalue weighted by Gasteiger charge is -2.22. The van der Waals surface area contributed by atoms with Gasteiger partial charge in [-0.15, -0.1) is 0 Å². The molecule has 20 heavy (non-hydrogen) atoms. The molecule has 0 saturated carbocycles. The number of benzene rings is 2. The second kappa shape index (κ2) is 4.69. The van der Waals surface area contributed by atoms with Gasteiger partial charge in [-0.05, 0) is 21.9 Å².